The molecule has 0 atom stereocenters. The molecule has 11 aromatic carbocycles. The highest BCUT2D eigenvalue weighted by atomic mass is 15.2. The molecule has 0 spiro atoms. The van der Waals surface area contributed by atoms with Crippen LogP contribution in [0.4, 0.5) is 34.1 Å². The lowest BCUT2D eigenvalue weighted by atomic mass is 9.95. The SMILES string of the molecule is c1ccc(-c2ccc(N(c3ccccc3)c3cc4c(c5c(N(c6ccccc6)c6ccc(-c7ccccc7)cc6)cccc35)c3c5ccccc5ccc3n4-c3ccccc3)cc2)cc1. The summed E-state index contributed by atoms with van der Waals surface area (Å²) in [6, 6.07) is 94.5. The van der Waals surface area contributed by atoms with Crippen molar-refractivity contribution in [2.45, 2.75) is 0 Å². The van der Waals surface area contributed by atoms with E-state index in [0.29, 0.717) is 0 Å². The van der Waals surface area contributed by atoms with Crippen LogP contribution in [0.1, 0.15) is 0 Å². The van der Waals surface area contributed by atoms with Gasteiger partial charge in [0, 0.05) is 50.0 Å². The van der Waals surface area contributed by atoms with Crippen LogP contribution in [0.5, 0.6) is 0 Å². The number of para-hydroxylation sites is 3. The Morgan fingerprint density at radius 3 is 1.28 bits per heavy atom. The van der Waals surface area contributed by atoms with Gasteiger partial charge < -0.3 is 14.4 Å². The van der Waals surface area contributed by atoms with E-state index >= 15 is 0 Å². The maximum absolute atomic E-state index is 2.47. The molecule has 0 unspecified atom stereocenters. The molecule has 0 N–H and O–H groups in total. The zero-order valence-corrected chi connectivity index (χ0v) is 35.7. The Labute approximate surface area is 378 Å². The first-order chi connectivity index (χ1) is 32.3. The zero-order chi connectivity index (χ0) is 43.1. The first-order valence-corrected chi connectivity index (χ1v) is 22.3. The van der Waals surface area contributed by atoms with E-state index in [9.17, 15) is 0 Å². The lowest BCUT2D eigenvalue weighted by Crippen LogP contribution is -2.13. The first kappa shape index (κ1) is 38.0. The highest BCUT2D eigenvalue weighted by Crippen LogP contribution is 2.51. The molecule has 0 saturated carbocycles. The van der Waals surface area contributed by atoms with Crippen LogP contribution in [0.2, 0.25) is 0 Å². The minimum Gasteiger partial charge on any atom is -0.310 e. The minimum absolute atomic E-state index is 1.08. The molecule has 0 radical (unpaired) electrons. The Balaban J connectivity index is 1.22. The fourth-order valence-electron chi connectivity index (χ4n) is 9.79. The maximum atomic E-state index is 2.47. The third-order valence-corrected chi connectivity index (χ3v) is 12.7. The van der Waals surface area contributed by atoms with Gasteiger partial charge in [-0.2, -0.15) is 0 Å². The van der Waals surface area contributed by atoms with Crippen molar-refractivity contribution < 1.29 is 0 Å². The number of aromatic nitrogens is 1. The van der Waals surface area contributed by atoms with Gasteiger partial charge in [0.05, 0.1) is 22.4 Å². The Hall–Kier alpha value is -8.66. The van der Waals surface area contributed by atoms with E-state index < -0.39 is 0 Å². The van der Waals surface area contributed by atoms with Crippen LogP contribution in [-0.2, 0) is 0 Å². The van der Waals surface area contributed by atoms with Crippen molar-refractivity contribution in [1.82, 2.24) is 4.57 Å². The summed E-state index contributed by atoms with van der Waals surface area (Å²) < 4.78 is 2.47. The predicted molar refractivity (Wildman–Crippen MR) is 276 cm³/mol. The molecule has 65 heavy (non-hydrogen) atoms. The molecule has 0 aliphatic rings. The van der Waals surface area contributed by atoms with Crippen LogP contribution in [0.15, 0.2) is 261 Å². The molecule has 12 aromatic rings. The summed E-state index contributed by atoms with van der Waals surface area (Å²) in [5.41, 5.74) is 14.7. The molecule has 0 aliphatic carbocycles. The van der Waals surface area contributed by atoms with E-state index in [1.807, 2.05) is 0 Å². The summed E-state index contributed by atoms with van der Waals surface area (Å²) in [7, 11) is 0. The molecule has 12 rings (SSSR count). The fraction of sp³-hybridized carbons (Fsp3) is 0. The predicted octanol–water partition coefficient (Wildman–Crippen LogP) is 17.4. The van der Waals surface area contributed by atoms with Crippen LogP contribution in [-0.4, -0.2) is 4.57 Å². The van der Waals surface area contributed by atoms with Gasteiger partial charge in [-0.15, -0.1) is 0 Å². The van der Waals surface area contributed by atoms with Gasteiger partial charge in [-0.3, -0.25) is 0 Å². The molecule has 0 fully saturated rings. The summed E-state index contributed by atoms with van der Waals surface area (Å²) in [5.74, 6) is 0. The van der Waals surface area contributed by atoms with E-state index in [1.54, 1.807) is 0 Å². The number of fused-ring (bicyclic) bond motifs is 7. The summed E-state index contributed by atoms with van der Waals surface area (Å²) >= 11 is 0. The van der Waals surface area contributed by atoms with E-state index in [1.165, 1.54) is 49.2 Å². The normalized spacial score (nSPS) is 11.4. The highest BCUT2D eigenvalue weighted by Gasteiger charge is 2.26. The highest BCUT2D eigenvalue weighted by molar-refractivity contribution is 6.33. The average molecular weight is 830 g/mol. The Morgan fingerprint density at radius 1 is 0.262 bits per heavy atom. The number of hydrogen-bond acceptors (Lipinski definition) is 2. The van der Waals surface area contributed by atoms with Gasteiger partial charge in [0.15, 0.2) is 0 Å². The van der Waals surface area contributed by atoms with Gasteiger partial charge in [-0.05, 0) is 112 Å². The van der Waals surface area contributed by atoms with Crippen molar-refractivity contribution in [3.63, 3.8) is 0 Å². The van der Waals surface area contributed by atoms with Gasteiger partial charge in [-0.1, -0.05) is 182 Å². The monoisotopic (exact) mass is 829 g/mol. The van der Waals surface area contributed by atoms with Crippen LogP contribution in [0.3, 0.4) is 0 Å². The molecular formula is C62H43N3. The summed E-state index contributed by atoms with van der Waals surface area (Å²) in [4.78, 5) is 4.88. The second-order valence-corrected chi connectivity index (χ2v) is 16.5. The van der Waals surface area contributed by atoms with E-state index in [-0.39, 0.29) is 0 Å². The second kappa shape index (κ2) is 16.2. The van der Waals surface area contributed by atoms with E-state index in [4.69, 9.17) is 0 Å². The van der Waals surface area contributed by atoms with Gasteiger partial charge in [0.25, 0.3) is 0 Å². The molecule has 3 nitrogen and oxygen atoms in total. The smallest absolute Gasteiger partial charge is 0.0569 e. The van der Waals surface area contributed by atoms with Gasteiger partial charge in [0.2, 0.25) is 0 Å². The maximum Gasteiger partial charge on any atom is 0.0569 e. The summed E-state index contributed by atoms with van der Waals surface area (Å²) in [6.07, 6.45) is 0. The van der Waals surface area contributed by atoms with Crippen LogP contribution in [0, 0.1) is 0 Å². The van der Waals surface area contributed by atoms with Crippen molar-refractivity contribution in [2.24, 2.45) is 0 Å². The number of rotatable bonds is 9. The van der Waals surface area contributed by atoms with E-state index in [0.717, 1.165) is 56.2 Å². The first-order valence-electron chi connectivity index (χ1n) is 22.3. The Kier molecular flexibility index (Phi) is 9.50. The molecule has 0 bridgehead atoms. The van der Waals surface area contributed by atoms with Crippen molar-refractivity contribution in [2.75, 3.05) is 9.80 Å². The molecule has 306 valence electrons. The van der Waals surface area contributed by atoms with Crippen molar-refractivity contribution in [1.29, 1.82) is 0 Å². The van der Waals surface area contributed by atoms with Crippen LogP contribution < -0.4 is 9.80 Å². The lowest BCUT2D eigenvalue weighted by molar-refractivity contribution is 1.18. The van der Waals surface area contributed by atoms with Crippen molar-refractivity contribution in [3.05, 3.63) is 261 Å². The van der Waals surface area contributed by atoms with Gasteiger partial charge in [-0.25, -0.2) is 0 Å². The Bertz CT molecular complexity index is 3600. The van der Waals surface area contributed by atoms with Gasteiger partial charge >= 0.3 is 0 Å². The number of nitrogens with zero attached hydrogens (tertiary/aromatic N) is 3. The third-order valence-electron chi connectivity index (χ3n) is 12.7. The number of hydrogen-bond donors (Lipinski definition) is 0. The fourth-order valence-corrected chi connectivity index (χ4v) is 9.79. The standard InChI is InChI=1S/C62H43N3/c1-6-19-44(20-7-1)46-33-38-52(39-34-46)63(49-24-10-3-11-25-49)56-32-18-31-55-58(64(50-26-12-4-13-27-50)53-40-35-47(36-41-53)45-21-8-2-9-22-45)43-59-62(61(55)56)60-54-30-17-16-23-48(54)37-42-57(60)65(59)51-28-14-5-15-29-51/h1-43H. The zero-order valence-electron chi connectivity index (χ0n) is 35.7. The third kappa shape index (κ3) is 6.70. The van der Waals surface area contributed by atoms with Crippen molar-refractivity contribution >= 4 is 77.5 Å². The van der Waals surface area contributed by atoms with E-state index in [2.05, 4.69) is 275 Å². The number of benzene rings is 11. The molecule has 0 aliphatic heterocycles. The lowest BCUT2D eigenvalue weighted by Gasteiger charge is -2.30. The molecule has 0 saturated heterocycles. The minimum atomic E-state index is 1.08. The quantitative estimate of drug-likeness (QED) is 0.144. The number of anilines is 6. The molecular weight excluding hydrogens is 787 g/mol. The average Bonchev–Trinajstić information content (AvgIpc) is 3.73. The molecule has 0 amide bonds. The Morgan fingerprint density at radius 2 is 0.708 bits per heavy atom. The molecule has 1 aromatic heterocycles. The van der Waals surface area contributed by atoms with Crippen LogP contribution in [0.25, 0.3) is 71.3 Å². The van der Waals surface area contributed by atoms with Crippen molar-refractivity contribution in [3.8, 4) is 27.9 Å². The molecule has 3 heteroatoms. The topological polar surface area (TPSA) is 11.4 Å². The van der Waals surface area contributed by atoms with Gasteiger partial charge in [0.1, 0.15) is 0 Å². The van der Waals surface area contributed by atoms with Crippen LogP contribution >= 0.6 is 0 Å². The molecule has 1 heterocycles. The largest absolute Gasteiger partial charge is 0.310 e. The second-order valence-electron chi connectivity index (χ2n) is 16.5. The summed E-state index contributed by atoms with van der Waals surface area (Å²) in [5, 5.41) is 7.20. The summed E-state index contributed by atoms with van der Waals surface area (Å²) in [6.45, 7) is 0.